The van der Waals surface area contributed by atoms with E-state index in [4.69, 9.17) is 4.98 Å². The van der Waals surface area contributed by atoms with Crippen molar-refractivity contribution in [1.82, 2.24) is 14.8 Å². The number of hydrogen-bond donors (Lipinski definition) is 0. The van der Waals surface area contributed by atoms with Gasteiger partial charge in [-0.25, -0.2) is 4.39 Å². The third-order valence-electron chi connectivity index (χ3n) is 6.70. The molecule has 3 aromatic rings. The predicted molar refractivity (Wildman–Crippen MR) is 121 cm³/mol. The number of hydrogen-bond acceptors (Lipinski definition) is 3. The number of nitrogens with zero attached hydrogens (tertiary/aromatic N) is 3. The zero-order chi connectivity index (χ0) is 21.2. The van der Waals surface area contributed by atoms with Crippen molar-refractivity contribution in [2.24, 2.45) is 0 Å². The highest BCUT2D eigenvalue weighted by Crippen LogP contribution is 2.32. The minimum atomic E-state index is -0.140. The van der Waals surface area contributed by atoms with Crippen molar-refractivity contribution < 1.29 is 9.18 Å². The van der Waals surface area contributed by atoms with Gasteiger partial charge in [0, 0.05) is 36.5 Å². The lowest BCUT2D eigenvalue weighted by Gasteiger charge is -2.33. The van der Waals surface area contributed by atoms with E-state index in [9.17, 15) is 9.18 Å². The zero-order valence-electron chi connectivity index (χ0n) is 17.8. The van der Waals surface area contributed by atoms with Crippen molar-refractivity contribution in [3.63, 3.8) is 0 Å². The van der Waals surface area contributed by atoms with Crippen LogP contribution in [0.15, 0.2) is 54.6 Å². The Morgan fingerprint density at radius 1 is 0.968 bits per heavy atom. The third kappa shape index (κ3) is 4.19. The normalized spacial score (nSPS) is 18.0. The van der Waals surface area contributed by atoms with Gasteiger partial charge in [0.15, 0.2) is 0 Å². The van der Waals surface area contributed by atoms with Crippen LogP contribution in [0.1, 0.15) is 53.2 Å². The number of carbonyl (C=O) groups is 1. The average Bonchev–Trinajstić information content (AvgIpc) is 3.35. The van der Waals surface area contributed by atoms with Crippen LogP contribution in [0.5, 0.6) is 0 Å². The topological polar surface area (TPSA) is 36.4 Å². The van der Waals surface area contributed by atoms with Gasteiger partial charge >= 0.3 is 0 Å². The summed E-state index contributed by atoms with van der Waals surface area (Å²) in [5.74, 6) is 0.238. The lowest BCUT2D eigenvalue weighted by Crippen LogP contribution is -2.34. The highest BCUT2D eigenvalue weighted by Gasteiger charge is 2.29. The molecule has 0 radical (unpaired) electrons. The van der Waals surface area contributed by atoms with Gasteiger partial charge in [-0.2, -0.15) is 0 Å². The molecule has 5 rings (SSSR count). The van der Waals surface area contributed by atoms with E-state index >= 15 is 0 Å². The number of aromatic nitrogens is 1. The standard InChI is InChI=1S/C26H28FN3O/c27-23-9-3-1-8-21(23)18-29-15-11-19(12-16-29)25-22(26(31)30-13-5-6-14-30)17-20-7-2-4-10-24(20)28-25/h1-4,7-10,17,19H,5-6,11-16,18H2. The van der Waals surface area contributed by atoms with E-state index in [0.717, 1.165) is 79.6 Å². The lowest BCUT2D eigenvalue weighted by molar-refractivity contribution is 0.0789. The summed E-state index contributed by atoms with van der Waals surface area (Å²) in [4.78, 5) is 22.6. The maximum Gasteiger partial charge on any atom is 0.255 e. The Morgan fingerprint density at radius 2 is 1.68 bits per heavy atom. The summed E-state index contributed by atoms with van der Waals surface area (Å²) in [6.45, 7) is 4.07. The number of fused-ring (bicyclic) bond motifs is 1. The fourth-order valence-electron chi connectivity index (χ4n) is 4.94. The van der Waals surface area contributed by atoms with E-state index in [-0.39, 0.29) is 17.6 Å². The van der Waals surface area contributed by atoms with Gasteiger partial charge in [0.05, 0.1) is 16.8 Å². The van der Waals surface area contributed by atoms with Gasteiger partial charge < -0.3 is 4.90 Å². The van der Waals surface area contributed by atoms with E-state index in [1.54, 1.807) is 6.07 Å². The number of pyridine rings is 1. The molecule has 3 heterocycles. The zero-order valence-corrected chi connectivity index (χ0v) is 17.8. The van der Waals surface area contributed by atoms with Crippen LogP contribution in [-0.2, 0) is 6.54 Å². The molecule has 5 heteroatoms. The van der Waals surface area contributed by atoms with Gasteiger partial charge in [-0.15, -0.1) is 0 Å². The third-order valence-corrected chi connectivity index (χ3v) is 6.70. The van der Waals surface area contributed by atoms with Gasteiger partial charge in [-0.05, 0) is 57.0 Å². The number of para-hydroxylation sites is 1. The fraction of sp³-hybridized carbons (Fsp3) is 0.385. The largest absolute Gasteiger partial charge is 0.339 e. The molecule has 160 valence electrons. The van der Waals surface area contributed by atoms with Crippen LogP contribution in [-0.4, -0.2) is 46.9 Å². The van der Waals surface area contributed by atoms with Gasteiger partial charge in [0.1, 0.15) is 5.82 Å². The molecule has 2 aromatic carbocycles. The van der Waals surface area contributed by atoms with Crippen LogP contribution in [0.3, 0.4) is 0 Å². The number of rotatable bonds is 4. The molecule has 2 aliphatic heterocycles. The van der Waals surface area contributed by atoms with Gasteiger partial charge in [0.25, 0.3) is 5.91 Å². The Hall–Kier alpha value is -2.79. The minimum absolute atomic E-state index is 0.125. The molecule has 0 bridgehead atoms. The molecule has 1 aromatic heterocycles. The number of amides is 1. The quantitative estimate of drug-likeness (QED) is 0.600. The van der Waals surface area contributed by atoms with Gasteiger partial charge in [0.2, 0.25) is 0 Å². The highest BCUT2D eigenvalue weighted by molar-refractivity contribution is 5.99. The first kappa shape index (κ1) is 20.1. The summed E-state index contributed by atoms with van der Waals surface area (Å²) in [5, 5.41) is 1.02. The maximum atomic E-state index is 14.0. The molecular formula is C26H28FN3O. The number of carbonyl (C=O) groups excluding carboxylic acids is 1. The minimum Gasteiger partial charge on any atom is -0.339 e. The summed E-state index contributed by atoms with van der Waals surface area (Å²) < 4.78 is 14.0. The Morgan fingerprint density at radius 3 is 2.45 bits per heavy atom. The van der Waals surface area contributed by atoms with Crippen LogP contribution >= 0.6 is 0 Å². The number of likely N-dealkylation sites (tertiary alicyclic amines) is 2. The van der Waals surface area contributed by atoms with E-state index in [1.165, 1.54) is 6.07 Å². The summed E-state index contributed by atoms with van der Waals surface area (Å²) >= 11 is 0. The Balaban J connectivity index is 1.38. The summed E-state index contributed by atoms with van der Waals surface area (Å²) in [6, 6.07) is 17.1. The van der Waals surface area contributed by atoms with E-state index in [0.29, 0.717) is 6.54 Å². The summed E-state index contributed by atoms with van der Waals surface area (Å²) in [5.41, 5.74) is 3.41. The van der Waals surface area contributed by atoms with Crippen molar-refractivity contribution in [2.45, 2.75) is 38.1 Å². The number of piperidine rings is 1. The number of halogens is 1. The van der Waals surface area contributed by atoms with E-state index in [1.807, 2.05) is 47.4 Å². The molecule has 0 spiro atoms. The van der Waals surface area contributed by atoms with E-state index in [2.05, 4.69) is 4.90 Å². The first-order valence-electron chi connectivity index (χ1n) is 11.3. The van der Waals surface area contributed by atoms with Crippen molar-refractivity contribution in [3.05, 3.63) is 77.2 Å². The Kier molecular flexibility index (Phi) is 5.68. The molecule has 2 saturated heterocycles. The van der Waals surface area contributed by atoms with Crippen LogP contribution in [0, 0.1) is 5.82 Å². The summed E-state index contributed by atoms with van der Waals surface area (Å²) in [7, 11) is 0. The summed E-state index contributed by atoms with van der Waals surface area (Å²) in [6.07, 6.45) is 4.02. The Bertz CT molecular complexity index is 1080. The van der Waals surface area contributed by atoms with Gasteiger partial charge in [-0.3, -0.25) is 14.7 Å². The van der Waals surface area contributed by atoms with Crippen LogP contribution in [0.25, 0.3) is 10.9 Å². The highest BCUT2D eigenvalue weighted by atomic mass is 19.1. The second-order valence-electron chi connectivity index (χ2n) is 8.76. The fourth-order valence-corrected chi connectivity index (χ4v) is 4.94. The molecule has 2 fully saturated rings. The first-order valence-corrected chi connectivity index (χ1v) is 11.3. The molecule has 0 N–H and O–H groups in total. The van der Waals surface area contributed by atoms with Crippen molar-refractivity contribution in [3.8, 4) is 0 Å². The molecule has 0 saturated carbocycles. The monoisotopic (exact) mass is 417 g/mol. The molecule has 0 unspecified atom stereocenters. The molecule has 0 aliphatic carbocycles. The lowest BCUT2D eigenvalue weighted by atomic mass is 9.89. The van der Waals surface area contributed by atoms with Crippen molar-refractivity contribution in [2.75, 3.05) is 26.2 Å². The second-order valence-corrected chi connectivity index (χ2v) is 8.76. The SMILES string of the molecule is O=C(c1cc2ccccc2nc1C1CCN(Cc2ccccc2F)CC1)N1CCCC1. The van der Waals surface area contributed by atoms with Gasteiger partial charge in [-0.1, -0.05) is 36.4 Å². The first-order chi connectivity index (χ1) is 15.2. The van der Waals surface area contributed by atoms with Crippen molar-refractivity contribution >= 4 is 16.8 Å². The maximum absolute atomic E-state index is 14.0. The number of benzene rings is 2. The molecule has 0 atom stereocenters. The molecule has 4 nitrogen and oxygen atoms in total. The smallest absolute Gasteiger partial charge is 0.255 e. The molecule has 2 aliphatic rings. The van der Waals surface area contributed by atoms with E-state index < -0.39 is 0 Å². The average molecular weight is 418 g/mol. The van der Waals surface area contributed by atoms with Crippen LogP contribution in [0.4, 0.5) is 4.39 Å². The molecule has 1 amide bonds. The van der Waals surface area contributed by atoms with Crippen LogP contribution < -0.4 is 0 Å². The molecule has 31 heavy (non-hydrogen) atoms. The predicted octanol–water partition coefficient (Wildman–Crippen LogP) is 4.99. The van der Waals surface area contributed by atoms with Crippen LogP contribution in [0.2, 0.25) is 0 Å². The van der Waals surface area contributed by atoms with Crippen molar-refractivity contribution in [1.29, 1.82) is 0 Å². The second kappa shape index (κ2) is 8.75. The molecular weight excluding hydrogens is 389 g/mol. The Labute approximate surface area is 182 Å².